The zero-order chi connectivity index (χ0) is 24.9. The van der Waals surface area contributed by atoms with E-state index >= 15 is 0 Å². The van der Waals surface area contributed by atoms with E-state index in [0.717, 1.165) is 74.8 Å². The third kappa shape index (κ3) is 5.54. The molecule has 0 saturated carbocycles. The number of nitrogens with zero attached hydrogens (tertiary/aromatic N) is 3. The lowest BCUT2D eigenvalue weighted by atomic mass is 9.81. The molecule has 2 aliphatic rings. The molecule has 3 heterocycles. The summed E-state index contributed by atoms with van der Waals surface area (Å²) in [6, 6.07) is 16.2. The predicted octanol–water partition coefficient (Wildman–Crippen LogP) is 4.00. The van der Waals surface area contributed by atoms with Crippen molar-refractivity contribution in [1.29, 1.82) is 0 Å². The van der Waals surface area contributed by atoms with Crippen LogP contribution in [0.15, 0.2) is 59.1 Å². The number of piperidine rings is 1. The van der Waals surface area contributed by atoms with Crippen molar-refractivity contribution < 1.29 is 18.4 Å². The van der Waals surface area contributed by atoms with Gasteiger partial charge in [0.1, 0.15) is 11.6 Å². The van der Waals surface area contributed by atoms with E-state index in [-0.39, 0.29) is 11.7 Å². The summed E-state index contributed by atoms with van der Waals surface area (Å²) in [5, 5.41) is 7.73. The van der Waals surface area contributed by atoms with Crippen LogP contribution in [-0.2, 0) is 11.2 Å². The Labute approximate surface area is 211 Å². The number of rotatable bonds is 7. The number of aromatic nitrogens is 1. The lowest BCUT2D eigenvalue weighted by molar-refractivity contribution is -0.133. The quantitative estimate of drug-likeness (QED) is 0.538. The van der Waals surface area contributed by atoms with Crippen LogP contribution in [0.1, 0.15) is 18.5 Å². The summed E-state index contributed by atoms with van der Waals surface area (Å²) in [5.74, 6) is 2.07. The minimum atomic E-state index is -0.277. The molecule has 2 fully saturated rings. The maximum atomic E-state index is 13.2. The number of anilines is 1. The van der Waals surface area contributed by atoms with Crippen molar-refractivity contribution in [2.45, 2.75) is 19.3 Å². The Kier molecular flexibility index (Phi) is 7.51. The first kappa shape index (κ1) is 24.3. The van der Waals surface area contributed by atoms with Crippen LogP contribution in [0.5, 0.6) is 5.75 Å². The topological polar surface area (TPSA) is 70.8 Å². The van der Waals surface area contributed by atoms with Crippen molar-refractivity contribution in [3.8, 4) is 17.1 Å². The van der Waals surface area contributed by atoms with Gasteiger partial charge in [-0.3, -0.25) is 4.79 Å². The molecule has 2 saturated heterocycles. The lowest BCUT2D eigenvalue weighted by Gasteiger charge is -2.38. The molecular weight excluding hydrogens is 459 g/mol. The summed E-state index contributed by atoms with van der Waals surface area (Å²) in [6.45, 7) is 4.82. The largest absolute Gasteiger partial charge is 0.495 e. The van der Waals surface area contributed by atoms with Crippen molar-refractivity contribution in [3.05, 3.63) is 66.1 Å². The van der Waals surface area contributed by atoms with E-state index in [1.807, 2.05) is 29.2 Å². The Morgan fingerprint density at radius 2 is 1.89 bits per heavy atom. The van der Waals surface area contributed by atoms with Crippen molar-refractivity contribution >= 4 is 11.6 Å². The zero-order valence-corrected chi connectivity index (χ0v) is 20.7. The maximum absolute atomic E-state index is 13.2. The summed E-state index contributed by atoms with van der Waals surface area (Å²) in [4.78, 5) is 17.5. The molecule has 2 aliphatic heterocycles. The van der Waals surface area contributed by atoms with Gasteiger partial charge in [-0.25, -0.2) is 4.39 Å². The van der Waals surface area contributed by atoms with E-state index in [4.69, 9.17) is 9.26 Å². The van der Waals surface area contributed by atoms with Gasteiger partial charge < -0.3 is 24.4 Å². The highest BCUT2D eigenvalue weighted by molar-refractivity contribution is 5.77. The normalized spacial score (nSPS) is 20.4. The van der Waals surface area contributed by atoms with E-state index in [1.54, 1.807) is 19.2 Å². The van der Waals surface area contributed by atoms with Gasteiger partial charge in [0.05, 0.1) is 18.5 Å². The van der Waals surface area contributed by atoms with Crippen LogP contribution in [0, 0.1) is 17.7 Å². The average Bonchev–Trinajstić information content (AvgIpc) is 3.38. The number of carbonyl (C=O) groups excluding carboxylic acids is 1. The highest BCUT2D eigenvalue weighted by Gasteiger charge is 2.31. The highest BCUT2D eigenvalue weighted by Crippen LogP contribution is 2.31. The van der Waals surface area contributed by atoms with Gasteiger partial charge in [-0.1, -0.05) is 17.3 Å². The number of nitrogens with one attached hydrogen (secondary N) is 1. The number of carbonyl (C=O) groups is 1. The molecule has 1 N–H and O–H groups in total. The zero-order valence-electron chi connectivity index (χ0n) is 20.7. The number of hydrogen-bond donors (Lipinski definition) is 1. The molecule has 2 aromatic carbocycles. The summed E-state index contributed by atoms with van der Waals surface area (Å²) >= 11 is 0. The van der Waals surface area contributed by atoms with Gasteiger partial charge in [0.2, 0.25) is 5.91 Å². The van der Waals surface area contributed by atoms with Gasteiger partial charge in [-0.05, 0) is 74.2 Å². The molecule has 190 valence electrons. The molecule has 1 amide bonds. The standard InChI is InChI=1S/C28H33FN4O3/c1-35-26-5-3-2-4-25(26)32-12-14-33(15-13-32)28(34)17-21-10-11-30-19-22(21)16-24-18-27(36-31-24)20-6-8-23(29)9-7-20/h2-9,18,21-22,30H,10-17,19H2,1H3/t21-,22+/m1/s1. The third-order valence-electron chi connectivity index (χ3n) is 7.42. The number of amides is 1. The first-order valence-corrected chi connectivity index (χ1v) is 12.7. The van der Waals surface area contributed by atoms with Gasteiger partial charge in [0, 0.05) is 44.2 Å². The second-order valence-electron chi connectivity index (χ2n) is 9.65. The second kappa shape index (κ2) is 11.1. The minimum absolute atomic E-state index is 0.235. The second-order valence-corrected chi connectivity index (χ2v) is 9.65. The summed E-state index contributed by atoms with van der Waals surface area (Å²) < 4.78 is 24.3. The molecule has 0 aliphatic carbocycles. The van der Waals surface area contributed by atoms with Crippen LogP contribution < -0.4 is 15.0 Å². The Morgan fingerprint density at radius 3 is 2.67 bits per heavy atom. The molecule has 5 rings (SSSR count). The first-order chi connectivity index (χ1) is 17.6. The van der Waals surface area contributed by atoms with Gasteiger partial charge in [0.15, 0.2) is 5.76 Å². The summed E-state index contributed by atoms with van der Waals surface area (Å²) in [7, 11) is 1.69. The molecule has 36 heavy (non-hydrogen) atoms. The first-order valence-electron chi connectivity index (χ1n) is 12.7. The molecule has 0 radical (unpaired) electrons. The number of hydrogen-bond acceptors (Lipinski definition) is 6. The van der Waals surface area contributed by atoms with E-state index in [2.05, 4.69) is 21.4 Å². The molecule has 7 nitrogen and oxygen atoms in total. The van der Waals surface area contributed by atoms with Crippen molar-refractivity contribution in [1.82, 2.24) is 15.4 Å². The number of halogens is 1. The van der Waals surface area contributed by atoms with Crippen molar-refractivity contribution in [2.24, 2.45) is 11.8 Å². The number of piperazine rings is 1. The fourth-order valence-electron chi connectivity index (χ4n) is 5.35. The fraction of sp³-hybridized carbons (Fsp3) is 0.429. The van der Waals surface area contributed by atoms with Gasteiger partial charge in [-0.2, -0.15) is 0 Å². The smallest absolute Gasteiger partial charge is 0.222 e. The molecule has 8 heteroatoms. The van der Waals surface area contributed by atoms with E-state index in [9.17, 15) is 9.18 Å². The van der Waals surface area contributed by atoms with Crippen LogP contribution in [0.4, 0.5) is 10.1 Å². The third-order valence-corrected chi connectivity index (χ3v) is 7.42. The number of para-hydroxylation sites is 2. The maximum Gasteiger partial charge on any atom is 0.222 e. The lowest BCUT2D eigenvalue weighted by Crippen LogP contribution is -2.50. The predicted molar refractivity (Wildman–Crippen MR) is 136 cm³/mol. The van der Waals surface area contributed by atoms with Gasteiger partial charge in [0.25, 0.3) is 0 Å². The van der Waals surface area contributed by atoms with Gasteiger partial charge >= 0.3 is 0 Å². The Morgan fingerprint density at radius 1 is 1.11 bits per heavy atom. The molecule has 1 aromatic heterocycles. The highest BCUT2D eigenvalue weighted by atomic mass is 19.1. The SMILES string of the molecule is COc1ccccc1N1CCN(C(=O)C[C@H]2CCNC[C@@H]2Cc2cc(-c3ccc(F)cc3)on2)CC1. The summed E-state index contributed by atoms with van der Waals surface area (Å²) in [5.41, 5.74) is 2.75. The number of ether oxygens (including phenoxy) is 1. The average molecular weight is 493 g/mol. The number of methoxy groups -OCH3 is 1. The molecule has 2 atom stereocenters. The van der Waals surface area contributed by atoms with Crippen LogP contribution in [0.2, 0.25) is 0 Å². The van der Waals surface area contributed by atoms with Crippen LogP contribution in [0.25, 0.3) is 11.3 Å². The molecule has 0 bridgehead atoms. The van der Waals surface area contributed by atoms with E-state index in [0.29, 0.717) is 24.0 Å². The molecule has 3 aromatic rings. The Balaban J connectivity index is 1.17. The van der Waals surface area contributed by atoms with Crippen molar-refractivity contribution in [3.63, 3.8) is 0 Å². The van der Waals surface area contributed by atoms with E-state index < -0.39 is 0 Å². The monoisotopic (exact) mass is 492 g/mol. The van der Waals surface area contributed by atoms with E-state index in [1.165, 1.54) is 12.1 Å². The molecule has 0 spiro atoms. The number of benzene rings is 2. The molecular formula is C28H33FN4O3. The van der Waals surface area contributed by atoms with Crippen LogP contribution in [-0.4, -0.2) is 62.3 Å². The van der Waals surface area contributed by atoms with Crippen molar-refractivity contribution in [2.75, 3.05) is 51.3 Å². The summed E-state index contributed by atoms with van der Waals surface area (Å²) in [6.07, 6.45) is 2.28. The van der Waals surface area contributed by atoms with Crippen LogP contribution >= 0.6 is 0 Å². The Bertz CT molecular complexity index is 1160. The van der Waals surface area contributed by atoms with Crippen LogP contribution in [0.3, 0.4) is 0 Å². The molecule has 0 unspecified atom stereocenters. The fourth-order valence-corrected chi connectivity index (χ4v) is 5.35. The Hall–Kier alpha value is -3.39. The minimum Gasteiger partial charge on any atom is -0.495 e. The van der Waals surface area contributed by atoms with Gasteiger partial charge in [-0.15, -0.1) is 0 Å².